The van der Waals surface area contributed by atoms with Crippen LogP contribution in [0.2, 0.25) is 5.15 Å². The van der Waals surface area contributed by atoms with Gasteiger partial charge in [-0.3, -0.25) is 9.59 Å². The Labute approximate surface area is 124 Å². The fourth-order valence-corrected chi connectivity index (χ4v) is 2.28. The number of nitrogens with one attached hydrogen (secondary N) is 2. The molecule has 0 unspecified atom stereocenters. The maximum Gasteiger partial charge on any atom is 0.230 e. The van der Waals surface area contributed by atoms with Crippen LogP contribution in [0.3, 0.4) is 0 Å². The fraction of sp³-hybridized carbons (Fsp3) is 0.167. The summed E-state index contributed by atoms with van der Waals surface area (Å²) in [6.07, 6.45) is 1.60. The summed E-state index contributed by atoms with van der Waals surface area (Å²) < 4.78 is 0. The van der Waals surface area contributed by atoms with Gasteiger partial charge in [0.05, 0.1) is 24.0 Å². The van der Waals surface area contributed by atoms with Crippen LogP contribution in [-0.4, -0.2) is 21.8 Å². The van der Waals surface area contributed by atoms with Crippen LogP contribution < -0.4 is 10.6 Å². The van der Waals surface area contributed by atoms with Crippen molar-refractivity contribution in [3.8, 4) is 0 Å². The van der Waals surface area contributed by atoms with Gasteiger partial charge < -0.3 is 10.6 Å². The first kappa shape index (κ1) is 14.4. The second-order valence-corrected chi connectivity index (χ2v) is 5.17. The minimum atomic E-state index is -0.214. The van der Waals surface area contributed by atoms with Crippen molar-refractivity contribution in [2.45, 2.75) is 13.3 Å². The topological polar surface area (TPSA) is 84.0 Å². The molecule has 2 aromatic rings. The molecule has 8 heteroatoms. The minimum absolute atomic E-state index is 0.124. The quantitative estimate of drug-likeness (QED) is 0.849. The molecule has 2 heterocycles. The molecule has 6 nitrogen and oxygen atoms in total. The smallest absolute Gasteiger partial charge is 0.230 e. The van der Waals surface area contributed by atoms with Gasteiger partial charge in [-0.1, -0.05) is 11.6 Å². The average molecular weight is 311 g/mol. The Morgan fingerprint density at radius 1 is 1.35 bits per heavy atom. The molecule has 0 aliphatic rings. The second-order valence-electron chi connectivity index (χ2n) is 3.92. The summed E-state index contributed by atoms with van der Waals surface area (Å²) in [6.45, 7) is 1.40. The zero-order valence-corrected chi connectivity index (χ0v) is 12.1. The maximum absolute atomic E-state index is 11.8. The third-order valence-electron chi connectivity index (χ3n) is 2.19. The first-order valence-corrected chi connectivity index (χ1v) is 6.92. The molecule has 0 aromatic carbocycles. The van der Waals surface area contributed by atoms with E-state index in [0.29, 0.717) is 21.7 Å². The molecule has 0 spiro atoms. The summed E-state index contributed by atoms with van der Waals surface area (Å²) in [4.78, 5) is 30.7. The van der Waals surface area contributed by atoms with Crippen LogP contribution in [0.1, 0.15) is 12.6 Å². The Kier molecular flexibility index (Phi) is 4.65. The van der Waals surface area contributed by atoms with E-state index in [1.807, 2.05) is 0 Å². The summed E-state index contributed by atoms with van der Waals surface area (Å²) in [7, 11) is 0. The highest BCUT2D eigenvalue weighted by Crippen LogP contribution is 2.16. The van der Waals surface area contributed by atoms with Crippen LogP contribution >= 0.6 is 22.9 Å². The molecule has 104 valence electrons. The molecule has 20 heavy (non-hydrogen) atoms. The lowest BCUT2D eigenvalue weighted by Crippen LogP contribution is -2.14. The normalized spacial score (nSPS) is 10.1. The van der Waals surface area contributed by atoms with Gasteiger partial charge in [0, 0.05) is 12.3 Å². The van der Waals surface area contributed by atoms with Gasteiger partial charge in [-0.15, -0.1) is 11.3 Å². The van der Waals surface area contributed by atoms with Crippen molar-refractivity contribution in [3.05, 3.63) is 34.6 Å². The molecule has 2 rings (SSSR count). The van der Waals surface area contributed by atoms with Crippen LogP contribution in [0.4, 0.5) is 10.8 Å². The molecule has 0 saturated heterocycles. The number of amides is 2. The van der Waals surface area contributed by atoms with Crippen LogP contribution in [0.15, 0.2) is 23.7 Å². The number of carbonyl (C=O) groups excluding carboxylic acids is 2. The van der Waals surface area contributed by atoms with Gasteiger partial charge in [0.15, 0.2) is 5.13 Å². The molecule has 0 fully saturated rings. The van der Waals surface area contributed by atoms with Crippen molar-refractivity contribution in [3.63, 3.8) is 0 Å². The van der Waals surface area contributed by atoms with Crippen molar-refractivity contribution in [1.29, 1.82) is 0 Å². The minimum Gasteiger partial charge on any atom is -0.324 e. The first-order chi connectivity index (χ1) is 9.52. The highest BCUT2D eigenvalue weighted by Gasteiger charge is 2.09. The van der Waals surface area contributed by atoms with Crippen LogP contribution in [0.5, 0.6) is 0 Å². The molecule has 2 N–H and O–H groups in total. The standard InChI is InChI=1S/C12H11ClN4O2S/c1-7(18)15-12-17-9(6-20-12)4-11(19)16-8-2-3-10(13)14-5-8/h2-3,5-6H,4H2,1H3,(H,16,19)(H,15,17,18). The number of aromatic nitrogens is 2. The second kappa shape index (κ2) is 6.44. The van der Waals surface area contributed by atoms with E-state index in [2.05, 4.69) is 20.6 Å². The molecule has 2 aromatic heterocycles. The fourth-order valence-electron chi connectivity index (χ4n) is 1.42. The van der Waals surface area contributed by atoms with Crippen LogP contribution in [-0.2, 0) is 16.0 Å². The lowest BCUT2D eigenvalue weighted by molar-refractivity contribution is -0.116. The van der Waals surface area contributed by atoms with Crippen molar-refractivity contribution >= 4 is 45.6 Å². The monoisotopic (exact) mass is 310 g/mol. The summed E-state index contributed by atoms with van der Waals surface area (Å²) in [6, 6.07) is 3.26. The number of hydrogen-bond donors (Lipinski definition) is 2. The Hall–Kier alpha value is -1.99. The largest absolute Gasteiger partial charge is 0.324 e. The zero-order chi connectivity index (χ0) is 14.5. The predicted octanol–water partition coefficient (Wildman–Crippen LogP) is 2.33. The summed E-state index contributed by atoms with van der Waals surface area (Å²) in [5, 5.41) is 7.82. The van der Waals surface area contributed by atoms with Crippen molar-refractivity contribution < 1.29 is 9.59 Å². The van der Waals surface area contributed by atoms with Gasteiger partial charge in [0.2, 0.25) is 11.8 Å². The maximum atomic E-state index is 11.8. The Balaban J connectivity index is 1.92. The number of anilines is 2. The lowest BCUT2D eigenvalue weighted by Gasteiger charge is -2.03. The number of pyridine rings is 1. The SMILES string of the molecule is CC(=O)Nc1nc(CC(=O)Nc2ccc(Cl)nc2)cs1. The molecule has 0 radical (unpaired) electrons. The molecular formula is C12H11ClN4O2S. The zero-order valence-electron chi connectivity index (χ0n) is 10.5. The van der Waals surface area contributed by atoms with Crippen LogP contribution in [0.25, 0.3) is 0 Å². The van der Waals surface area contributed by atoms with E-state index >= 15 is 0 Å². The van der Waals surface area contributed by atoms with Gasteiger partial charge in [0.25, 0.3) is 0 Å². The highest BCUT2D eigenvalue weighted by atomic mass is 35.5. The van der Waals surface area contributed by atoms with E-state index in [1.165, 1.54) is 24.5 Å². The van der Waals surface area contributed by atoms with Crippen molar-refractivity contribution in [1.82, 2.24) is 9.97 Å². The van der Waals surface area contributed by atoms with E-state index in [9.17, 15) is 9.59 Å². The molecule has 2 amide bonds. The summed E-state index contributed by atoms with van der Waals surface area (Å²) in [5.74, 6) is -0.406. The van der Waals surface area contributed by atoms with Gasteiger partial charge in [-0.2, -0.15) is 0 Å². The first-order valence-electron chi connectivity index (χ1n) is 5.66. The highest BCUT2D eigenvalue weighted by molar-refractivity contribution is 7.13. The van der Waals surface area contributed by atoms with Gasteiger partial charge >= 0.3 is 0 Å². The summed E-state index contributed by atoms with van der Waals surface area (Å²) in [5.41, 5.74) is 1.16. The molecule has 0 aliphatic carbocycles. The molecule has 0 bridgehead atoms. The van der Waals surface area contributed by atoms with E-state index < -0.39 is 0 Å². The molecular weight excluding hydrogens is 300 g/mol. The molecule has 0 aliphatic heterocycles. The number of rotatable bonds is 4. The molecule has 0 atom stereocenters. The number of nitrogens with zero attached hydrogens (tertiary/aromatic N) is 2. The van der Waals surface area contributed by atoms with Gasteiger partial charge in [-0.05, 0) is 12.1 Å². The third-order valence-corrected chi connectivity index (χ3v) is 3.22. The summed E-state index contributed by atoms with van der Waals surface area (Å²) >= 11 is 6.93. The van der Waals surface area contributed by atoms with Crippen LogP contribution in [0, 0.1) is 0 Å². The van der Waals surface area contributed by atoms with Crippen molar-refractivity contribution in [2.75, 3.05) is 10.6 Å². The number of halogens is 1. The number of carbonyl (C=O) groups is 2. The van der Waals surface area contributed by atoms with Gasteiger partial charge in [-0.25, -0.2) is 9.97 Å². The van der Waals surface area contributed by atoms with E-state index in [0.717, 1.165) is 0 Å². The Bertz CT molecular complexity index is 627. The van der Waals surface area contributed by atoms with E-state index in [4.69, 9.17) is 11.6 Å². The molecule has 0 saturated carbocycles. The van der Waals surface area contributed by atoms with E-state index in [1.54, 1.807) is 17.5 Å². The number of thiazole rings is 1. The predicted molar refractivity (Wildman–Crippen MR) is 78.0 cm³/mol. The number of hydrogen-bond acceptors (Lipinski definition) is 5. The van der Waals surface area contributed by atoms with E-state index in [-0.39, 0.29) is 18.2 Å². The third kappa shape index (κ3) is 4.29. The lowest BCUT2D eigenvalue weighted by atomic mass is 10.3. The van der Waals surface area contributed by atoms with Gasteiger partial charge in [0.1, 0.15) is 5.15 Å². The Morgan fingerprint density at radius 3 is 2.80 bits per heavy atom. The average Bonchev–Trinajstić information content (AvgIpc) is 2.78. The van der Waals surface area contributed by atoms with Crippen molar-refractivity contribution in [2.24, 2.45) is 0 Å². The Morgan fingerprint density at radius 2 is 2.15 bits per heavy atom.